The molecule has 1 N–H and O–H groups in total. The Labute approximate surface area is 114 Å². The lowest BCUT2D eigenvalue weighted by Gasteiger charge is -2.06. The van der Waals surface area contributed by atoms with Gasteiger partial charge in [-0.25, -0.2) is 4.39 Å². The molecule has 2 aromatic heterocycles. The topological polar surface area (TPSA) is 38.5 Å². The highest BCUT2D eigenvalue weighted by molar-refractivity contribution is 7.71. The van der Waals surface area contributed by atoms with E-state index in [0.717, 1.165) is 16.7 Å². The van der Waals surface area contributed by atoms with Gasteiger partial charge in [-0.1, -0.05) is 0 Å². The van der Waals surface area contributed by atoms with Gasteiger partial charge in [0, 0.05) is 13.2 Å². The normalized spacial score (nSPS) is 11.3. The maximum Gasteiger partial charge on any atom is 0.178 e. The highest BCUT2D eigenvalue weighted by Crippen LogP contribution is 2.19. The molecule has 0 atom stereocenters. The van der Waals surface area contributed by atoms with Gasteiger partial charge < -0.3 is 9.55 Å². The van der Waals surface area contributed by atoms with Gasteiger partial charge >= 0.3 is 0 Å². The van der Waals surface area contributed by atoms with E-state index in [1.165, 1.54) is 6.07 Å². The molecular weight excluding hydrogens is 263 g/mol. The third kappa shape index (κ3) is 1.98. The molecule has 0 spiro atoms. The zero-order valence-corrected chi connectivity index (χ0v) is 11.5. The molecule has 3 rings (SSSR count). The Bertz CT molecular complexity index is 812. The summed E-state index contributed by atoms with van der Waals surface area (Å²) in [5.41, 5.74) is 3.28. The average molecular weight is 276 g/mol. The molecule has 19 heavy (non-hydrogen) atoms. The second kappa shape index (κ2) is 4.31. The number of aromatic amines is 1. The molecule has 0 fully saturated rings. The fourth-order valence-corrected chi connectivity index (χ4v) is 2.43. The van der Waals surface area contributed by atoms with Crippen molar-refractivity contribution in [3.8, 4) is 0 Å². The standard InChI is InChI=1S/C13H13FN4S/c1-8-5-12-11(6-10(8)14)16-13(19)18(12)7-9-3-4-15-17(9)2/h3-6H,7H2,1-2H3,(H,16,19). The summed E-state index contributed by atoms with van der Waals surface area (Å²) in [4.78, 5) is 3.04. The number of aromatic nitrogens is 4. The molecule has 6 heteroatoms. The predicted molar refractivity (Wildman–Crippen MR) is 74.1 cm³/mol. The second-order valence-corrected chi connectivity index (χ2v) is 4.97. The number of hydrogen-bond donors (Lipinski definition) is 1. The Morgan fingerprint density at radius 1 is 1.42 bits per heavy atom. The number of aryl methyl sites for hydroxylation is 2. The maximum atomic E-state index is 13.6. The van der Waals surface area contributed by atoms with E-state index in [2.05, 4.69) is 10.1 Å². The zero-order valence-electron chi connectivity index (χ0n) is 10.6. The molecule has 4 nitrogen and oxygen atoms in total. The van der Waals surface area contributed by atoms with E-state index in [1.807, 2.05) is 23.7 Å². The molecule has 0 unspecified atom stereocenters. The van der Waals surface area contributed by atoms with Gasteiger partial charge in [0.2, 0.25) is 0 Å². The van der Waals surface area contributed by atoms with Crippen molar-refractivity contribution in [3.05, 3.63) is 46.2 Å². The van der Waals surface area contributed by atoms with Crippen LogP contribution >= 0.6 is 12.2 Å². The minimum Gasteiger partial charge on any atom is -0.330 e. The fraction of sp³-hybridized carbons (Fsp3) is 0.231. The number of nitrogens with one attached hydrogen (secondary N) is 1. The van der Waals surface area contributed by atoms with Crippen LogP contribution in [0.5, 0.6) is 0 Å². The van der Waals surface area contributed by atoms with Gasteiger partial charge in [0.1, 0.15) is 5.82 Å². The summed E-state index contributed by atoms with van der Waals surface area (Å²) >= 11 is 5.31. The number of H-pyrrole nitrogens is 1. The number of imidazole rings is 1. The summed E-state index contributed by atoms with van der Waals surface area (Å²) in [7, 11) is 1.89. The van der Waals surface area contributed by atoms with Crippen LogP contribution in [0.2, 0.25) is 0 Å². The van der Waals surface area contributed by atoms with Crippen molar-refractivity contribution in [2.24, 2.45) is 7.05 Å². The first-order valence-corrected chi connectivity index (χ1v) is 6.32. The third-order valence-corrected chi connectivity index (χ3v) is 3.62. The molecule has 3 aromatic rings. The van der Waals surface area contributed by atoms with E-state index >= 15 is 0 Å². The first kappa shape index (κ1) is 12.1. The molecule has 0 bridgehead atoms. The lowest BCUT2D eigenvalue weighted by molar-refractivity contribution is 0.620. The molecule has 0 aliphatic carbocycles. The van der Waals surface area contributed by atoms with Gasteiger partial charge in [0.25, 0.3) is 0 Å². The summed E-state index contributed by atoms with van der Waals surface area (Å²) in [6, 6.07) is 5.24. The Kier molecular flexibility index (Phi) is 2.74. The van der Waals surface area contributed by atoms with Gasteiger partial charge in [0.15, 0.2) is 4.77 Å². The number of rotatable bonds is 2. The SMILES string of the molecule is Cc1cc2c(cc1F)[nH]c(=S)n2Cc1ccnn1C. The molecular formula is C13H13FN4S. The van der Waals surface area contributed by atoms with Crippen molar-refractivity contribution in [2.45, 2.75) is 13.5 Å². The Morgan fingerprint density at radius 2 is 2.21 bits per heavy atom. The van der Waals surface area contributed by atoms with E-state index in [0.29, 0.717) is 16.9 Å². The summed E-state index contributed by atoms with van der Waals surface area (Å²) in [6.45, 7) is 2.36. The molecule has 0 saturated carbocycles. The van der Waals surface area contributed by atoms with Crippen LogP contribution in [0.15, 0.2) is 24.4 Å². The van der Waals surface area contributed by atoms with E-state index in [4.69, 9.17) is 12.2 Å². The summed E-state index contributed by atoms with van der Waals surface area (Å²) in [6.07, 6.45) is 1.75. The Hall–Kier alpha value is -1.95. The second-order valence-electron chi connectivity index (χ2n) is 4.58. The molecule has 0 aliphatic heterocycles. The van der Waals surface area contributed by atoms with Gasteiger partial charge in [0.05, 0.1) is 23.3 Å². The van der Waals surface area contributed by atoms with E-state index in [9.17, 15) is 4.39 Å². The lowest BCUT2D eigenvalue weighted by Crippen LogP contribution is -2.05. The highest BCUT2D eigenvalue weighted by Gasteiger charge is 2.09. The molecule has 2 heterocycles. The largest absolute Gasteiger partial charge is 0.330 e. The van der Waals surface area contributed by atoms with E-state index in [-0.39, 0.29) is 5.82 Å². The summed E-state index contributed by atoms with van der Waals surface area (Å²) in [5.74, 6) is -0.226. The van der Waals surface area contributed by atoms with Crippen molar-refractivity contribution < 1.29 is 4.39 Å². The van der Waals surface area contributed by atoms with Crippen molar-refractivity contribution >= 4 is 23.3 Å². The number of nitrogens with zero attached hydrogens (tertiary/aromatic N) is 3. The fourth-order valence-electron chi connectivity index (χ4n) is 2.16. The Morgan fingerprint density at radius 3 is 2.89 bits per heavy atom. The molecule has 0 aliphatic rings. The van der Waals surface area contributed by atoms with Gasteiger partial charge in [-0.15, -0.1) is 0 Å². The van der Waals surface area contributed by atoms with Crippen molar-refractivity contribution in [3.63, 3.8) is 0 Å². The smallest absolute Gasteiger partial charge is 0.178 e. The first-order chi connectivity index (χ1) is 9.06. The molecule has 0 amide bonds. The van der Waals surface area contributed by atoms with Crippen molar-refractivity contribution in [1.29, 1.82) is 0 Å². The van der Waals surface area contributed by atoms with Crippen molar-refractivity contribution in [1.82, 2.24) is 19.3 Å². The minimum atomic E-state index is -0.226. The first-order valence-electron chi connectivity index (χ1n) is 5.92. The van der Waals surface area contributed by atoms with Crippen LogP contribution < -0.4 is 0 Å². The van der Waals surface area contributed by atoms with Crippen LogP contribution in [0.3, 0.4) is 0 Å². The molecule has 1 aromatic carbocycles. The third-order valence-electron chi connectivity index (χ3n) is 3.30. The Balaban J connectivity index is 2.18. The van der Waals surface area contributed by atoms with Crippen LogP contribution in [-0.4, -0.2) is 19.3 Å². The van der Waals surface area contributed by atoms with E-state index in [1.54, 1.807) is 17.8 Å². The number of benzene rings is 1. The van der Waals surface area contributed by atoms with Gasteiger partial charge in [-0.3, -0.25) is 4.68 Å². The highest BCUT2D eigenvalue weighted by atomic mass is 32.1. The van der Waals surface area contributed by atoms with Crippen LogP contribution in [0.25, 0.3) is 11.0 Å². The number of hydrogen-bond acceptors (Lipinski definition) is 2. The van der Waals surface area contributed by atoms with Crippen molar-refractivity contribution in [2.75, 3.05) is 0 Å². The minimum absolute atomic E-state index is 0.226. The molecule has 0 radical (unpaired) electrons. The van der Waals surface area contributed by atoms with Crippen LogP contribution in [0.1, 0.15) is 11.3 Å². The van der Waals surface area contributed by atoms with E-state index < -0.39 is 0 Å². The summed E-state index contributed by atoms with van der Waals surface area (Å²) in [5, 5.41) is 4.14. The quantitative estimate of drug-likeness (QED) is 0.731. The van der Waals surface area contributed by atoms with Crippen LogP contribution in [-0.2, 0) is 13.6 Å². The average Bonchev–Trinajstić information content (AvgIpc) is 2.88. The van der Waals surface area contributed by atoms with Gasteiger partial charge in [-0.2, -0.15) is 5.10 Å². The maximum absolute atomic E-state index is 13.6. The number of fused-ring (bicyclic) bond motifs is 1. The molecule has 0 saturated heterocycles. The summed E-state index contributed by atoms with van der Waals surface area (Å²) < 4.78 is 17.9. The van der Waals surface area contributed by atoms with Gasteiger partial charge in [-0.05, 0) is 42.9 Å². The monoisotopic (exact) mass is 276 g/mol. The molecule has 98 valence electrons. The predicted octanol–water partition coefficient (Wildman–Crippen LogP) is 2.93. The number of halogens is 1. The lowest BCUT2D eigenvalue weighted by atomic mass is 10.2. The zero-order chi connectivity index (χ0) is 13.6. The van der Waals surface area contributed by atoms with Crippen LogP contribution in [0, 0.1) is 17.5 Å². The van der Waals surface area contributed by atoms with Crippen LogP contribution in [0.4, 0.5) is 4.39 Å².